The fraction of sp³-hybridized carbons (Fsp3) is 0.625. The fourth-order valence-electron chi connectivity index (χ4n) is 3.53. The van der Waals surface area contributed by atoms with Crippen molar-refractivity contribution in [3.8, 4) is 0 Å². The van der Waals surface area contributed by atoms with Crippen LogP contribution < -0.4 is 5.32 Å². The van der Waals surface area contributed by atoms with Crippen molar-refractivity contribution in [3.63, 3.8) is 0 Å². The van der Waals surface area contributed by atoms with Crippen LogP contribution in [-0.4, -0.2) is 44.3 Å². The summed E-state index contributed by atoms with van der Waals surface area (Å²) in [6, 6.07) is 1.47. The molecule has 6 heteroatoms. The largest absolute Gasteiger partial charge is 0.381 e. The zero-order valence-electron chi connectivity index (χ0n) is 12.5. The van der Waals surface area contributed by atoms with Gasteiger partial charge in [-0.25, -0.2) is 13.2 Å². The lowest BCUT2D eigenvalue weighted by Gasteiger charge is -2.41. The normalized spacial score (nSPS) is 22.7. The van der Waals surface area contributed by atoms with Crippen LogP contribution in [0.25, 0.3) is 0 Å². The Morgan fingerprint density at radius 3 is 2.45 bits per heavy atom. The first-order valence-electron chi connectivity index (χ1n) is 7.84. The van der Waals surface area contributed by atoms with Gasteiger partial charge in [-0.1, -0.05) is 0 Å². The molecular formula is C16H21F3N2O. The third kappa shape index (κ3) is 3.29. The maximum Gasteiger partial charge on any atom is 0.163 e. The lowest BCUT2D eigenvalue weighted by atomic mass is 9.85. The molecule has 0 spiro atoms. The highest BCUT2D eigenvalue weighted by molar-refractivity contribution is 5.25. The summed E-state index contributed by atoms with van der Waals surface area (Å²) in [7, 11) is 0. The molecule has 0 radical (unpaired) electrons. The van der Waals surface area contributed by atoms with Crippen LogP contribution in [0.2, 0.25) is 0 Å². The topological polar surface area (TPSA) is 24.5 Å². The molecule has 1 atom stereocenters. The van der Waals surface area contributed by atoms with Crippen molar-refractivity contribution in [3.05, 3.63) is 35.1 Å². The van der Waals surface area contributed by atoms with E-state index in [4.69, 9.17) is 4.74 Å². The van der Waals surface area contributed by atoms with E-state index in [1.807, 2.05) is 0 Å². The molecule has 2 aliphatic rings. The maximum absolute atomic E-state index is 14.3. The molecule has 0 saturated carbocycles. The van der Waals surface area contributed by atoms with E-state index in [-0.39, 0.29) is 17.5 Å². The summed E-state index contributed by atoms with van der Waals surface area (Å²) in [5.41, 5.74) is 0.145. The van der Waals surface area contributed by atoms with Crippen molar-refractivity contribution < 1.29 is 17.9 Å². The van der Waals surface area contributed by atoms with Gasteiger partial charge in [0.2, 0.25) is 0 Å². The Kier molecular flexibility index (Phi) is 5.00. The minimum Gasteiger partial charge on any atom is -0.381 e. The molecule has 3 rings (SSSR count). The van der Waals surface area contributed by atoms with Crippen LogP contribution in [0.5, 0.6) is 0 Å². The van der Waals surface area contributed by atoms with Gasteiger partial charge in [0.15, 0.2) is 11.6 Å². The third-order valence-electron chi connectivity index (χ3n) is 4.60. The predicted molar refractivity (Wildman–Crippen MR) is 77.0 cm³/mol. The van der Waals surface area contributed by atoms with E-state index in [1.165, 1.54) is 0 Å². The smallest absolute Gasteiger partial charge is 0.163 e. The number of ether oxygens (including phenoxy) is 1. The molecule has 1 N–H and O–H groups in total. The Hall–Kier alpha value is -1.11. The van der Waals surface area contributed by atoms with Crippen LogP contribution in [0.15, 0.2) is 12.1 Å². The highest BCUT2D eigenvalue weighted by Crippen LogP contribution is 2.37. The molecule has 3 nitrogen and oxygen atoms in total. The summed E-state index contributed by atoms with van der Waals surface area (Å²) < 4.78 is 47.0. The number of benzene rings is 1. The highest BCUT2D eigenvalue weighted by atomic mass is 19.2. The number of piperazine rings is 1. The molecule has 22 heavy (non-hydrogen) atoms. The van der Waals surface area contributed by atoms with Gasteiger partial charge in [-0.15, -0.1) is 0 Å². The fourth-order valence-corrected chi connectivity index (χ4v) is 3.53. The van der Waals surface area contributed by atoms with E-state index in [0.29, 0.717) is 19.3 Å². The Bertz CT molecular complexity index is 496. The second kappa shape index (κ2) is 6.98. The van der Waals surface area contributed by atoms with Crippen molar-refractivity contribution >= 4 is 0 Å². The Balaban J connectivity index is 1.96. The summed E-state index contributed by atoms with van der Waals surface area (Å²) in [6.45, 7) is 4.34. The molecule has 0 bridgehead atoms. The van der Waals surface area contributed by atoms with Crippen LogP contribution in [0.3, 0.4) is 0 Å². The number of hydrogen-bond donors (Lipinski definition) is 1. The minimum absolute atomic E-state index is 0.145. The Morgan fingerprint density at radius 2 is 1.77 bits per heavy atom. The molecule has 122 valence electrons. The van der Waals surface area contributed by atoms with E-state index in [2.05, 4.69) is 10.2 Å². The second-order valence-electron chi connectivity index (χ2n) is 5.97. The van der Waals surface area contributed by atoms with E-state index < -0.39 is 17.5 Å². The molecular weight excluding hydrogens is 293 g/mol. The first kappa shape index (κ1) is 15.8. The molecule has 2 aliphatic heterocycles. The highest BCUT2D eigenvalue weighted by Gasteiger charge is 2.34. The van der Waals surface area contributed by atoms with Gasteiger partial charge in [0, 0.05) is 57.1 Å². The summed E-state index contributed by atoms with van der Waals surface area (Å²) in [5, 5.41) is 3.25. The van der Waals surface area contributed by atoms with Crippen LogP contribution in [-0.2, 0) is 4.74 Å². The zero-order chi connectivity index (χ0) is 15.5. The second-order valence-corrected chi connectivity index (χ2v) is 5.97. The monoisotopic (exact) mass is 314 g/mol. The van der Waals surface area contributed by atoms with Gasteiger partial charge >= 0.3 is 0 Å². The third-order valence-corrected chi connectivity index (χ3v) is 4.60. The lowest BCUT2D eigenvalue weighted by Crippen LogP contribution is -2.47. The van der Waals surface area contributed by atoms with Crippen LogP contribution >= 0.6 is 0 Å². The Labute approximate surface area is 128 Å². The molecule has 0 unspecified atom stereocenters. The van der Waals surface area contributed by atoms with Gasteiger partial charge in [0.1, 0.15) is 5.82 Å². The molecule has 0 amide bonds. The Morgan fingerprint density at radius 1 is 1.09 bits per heavy atom. The van der Waals surface area contributed by atoms with Crippen molar-refractivity contribution in [2.45, 2.75) is 18.9 Å². The summed E-state index contributed by atoms with van der Waals surface area (Å²) in [6.07, 6.45) is 1.57. The SMILES string of the molecule is Fc1cc(F)c(F)c([C@@H](C2CCOCC2)N2CCNCC2)c1. The van der Waals surface area contributed by atoms with Gasteiger partial charge in [-0.3, -0.25) is 4.90 Å². The van der Waals surface area contributed by atoms with Crippen molar-refractivity contribution in [2.24, 2.45) is 5.92 Å². The first-order chi connectivity index (χ1) is 10.7. The standard InChI is InChI=1S/C16H21F3N2O/c17-12-9-13(15(19)14(18)10-12)16(11-1-7-22-8-2-11)21-5-3-20-4-6-21/h9-11,16,20H,1-8H2/t16-/m1/s1. The van der Waals surface area contributed by atoms with E-state index in [1.54, 1.807) is 0 Å². The number of rotatable bonds is 3. The molecule has 1 aromatic carbocycles. The summed E-state index contributed by atoms with van der Waals surface area (Å²) >= 11 is 0. The van der Waals surface area contributed by atoms with Gasteiger partial charge in [0.25, 0.3) is 0 Å². The minimum atomic E-state index is -1.11. The predicted octanol–water partition coefficient (Wildman–Crippen LogP) is 2.48. The maximum atomic E-state index is 14.3. The average molecular weight is 314 g/mol. The van der Waals surface area contributed by atoms with Crippen LogP contribution in [0.4, 0.5) is 13.2 Å². The molecule has 0 aliphatic carbocycles. The zero-order valence-corrected chi connectivity index (χ0v) is 12.5. The van der Waals surface area contributed by atoms with E-state index >= 15 is 0 Å². The first-order valence-corrected chi connectivity index (χ1v) is 7.84. The van der Waals surface area contributed by atoms with Crippen molar-refractivity contribution in [1.29, 1.82) is 0 Å². The molecule has 0 aromatic heterocycles. The summed E-state index contributed by atoms with van der Waals surface area (Å²) in [5.74, 6) is -2.60. The number of hydrogen-bond acceptors (Lipinski definition) is 3. The average Bonchev–Trinajstić information content (AvgIpc) is 2.54. The lowest BCUT2D eigenvalue weighted by molar-refractivity contribution is 0.0200. The summed E-state index contributed by atoms with van der Waals surface area (Å²) in [4.78, 5) is 2.14. The van der Waals surface area contributed by atoms with Gasteiger partial charge in [0.05, 0.1) is 0 Å². The number of nitrogens with zero attached hydrogens (tertiary/aromatic N) is 1. The van der Waals surface area contributed by atoms with Gasteiger partial charge < -0.3 is 10.1 Å². The molecule has 2 heterocycles. The van der Waals surface area contributed by atoms with Crippen LogP contribution in [0, 0.1) is 23.4 Å². The molecule has 2 saturated heterocycles. The van der Waals surface area contributed by atoms with Crippen molar-refractivity contribution in [2.75, 3.05) is 39.4 Å². The molecule has 1 aromatic rings. The number of nitrogens with one attached hydrogen (secondary N) is 1. The van der Waals surface area contributed by atoms with E-state index in [9.17, 15) is 13.2 Å². The van der Waals surface area contributed by atoms with Gasteiger partial charge in [-0.05, 0) is 24.8 Å². The van der Waals surface area contributed by atoms with Crippen molar-refractivity contribution in [1.82, 2.24) is 10.2 Å². The number of halogens is 3. The van der Waals surface area contributed by atoms with E-state index in [0.717, 1.165) is 45.1 Å². The van der Waals surface area contributed by atoms with Gasteiger partial charge in [-0.2, -0.15) is 0 Å². The van der Waals surface area contributed by atoms with Crippen LogP contribution in [0.1, 0.15) is 24.4 Å². The quantitative estimate of drug-likeness (QED) is 0.868. The molecule has 2 fully saturated rings.